The van der Waals surface area contributed by atoms with E-state index in [4.69, 9.17) is 4.52 Å². The van der Waals surface area contributed by atoms with Crippen molar-refractivity contribution in [2.45, 2.75) is 25.2 Å². The van der Waals surface area contributed by atoms with Gasteiger partial charge in [-0.05, 0) is 31.5 Å². The molecule has 0 bridgehead atoms. The topological polar surface area (TPSA) is 60.2 Å². The summed E-state index contributed by atoms with van der Waals surface area (Å²) >= 11 is 0. The minimum absolute atomic E-state index is 0.0399. The molecule has 0 amide bonds. The van der Waals surface area contributed by atoms with Crippen LogP contribution in [0.3, 0.4) is 0 Å². The Morgan fingerprint density at radius 2 is 2.10 bits per heavy atom. The predicted molar refractivity (Wildman–Crippen MR) is 66.4 cm³/mol. The first kappa shape index (κ1) is 13.9. The van der Waals surface area contributed by atoms with Crippen LogP contribution >= 0.6 is 0 Å². The molecule has 1 aromatic heterocycles. The van der Waals surface area contributed by atoms with Crippen LogP contribution in [0.4, 0.5) is 13.2 Å². The van der Waals surface area contributed by atoms with Crippen molar-refractivity contribution in [3.8, 4) is 17.1 Å². The number of aromatic nitrogens is 2. The molecule has 112 valence electrons. The molecule has 1 fully saturated rings. The first-order valence-electron chi connectivity index (χ1n) is 6.45. The Morgan fingerprint density at radius 1 is 1.29 bits per heavy atom. The number of nitrogens with zero attached hydrogens (tertiary/aromatic N) is 2. The Morgan fingerprint density at radius 3 is 2.81 bits per heavy atom. The molecule has 1 aliphatic heterocycles. The SMILES string of the molecule is FC(F)(F)Oc1ccccc1-c1noc([C@@H]2CCCN2)n1. The second kappa shape index (κ2) is 5.36. The van der Waals surface area contributed by atoms with Gasteiger partial charge in [-0.2, -0.15) is 4.98 Å². The molecule has 2 heterocycles. The summed E-state index contributed by atoms with van der Waals surface area (Å²) in [6, 6.07) is 5.67. The van der Waals surface area contributed by atoms with Crippen molar-refractivity contribution in [1.29, 1.82) is 0 Å². The average Bonchev–Trinajstić information content (AvgIpc) is 3.08. The minimum atomic E-state index is -4.77. The first-order valence-corrected chi connectivity index (χ1v) is 6.45. The molecular formula is C13H12F3N3O2. The number of hydrogen-bond donors (Lipinski definition) is 1. The minimum Gasteiger partial charge on any atom is -0.405 e. The Labute approximate surface area is 118 Å². The van der Waals surface area contributed by atoms with Gasteiger partial charge in [0.15, 0.2) is 0 Å². The van der Waals surface area contributed by atoms with Crippen LogP contribution in [-0.4, -0.2) is 23.0 Å². The van der Waals surface area contributed by atoms with E-state index in [2.05, 4.69) is 20.2 Å². The standard InChI is InChI=1S/C13H12F3N3O2/c14-13(15,16)20-10-6-2-1-4-8(10)11-18-12(21-19-11)9-5-3-7-17-9/h1-2,4,6,9,17H,3,5,7H2/t9-/m0/s1. The summed E-state index contributed by atoms with van der Waals surface area (Å²) in [6.07, 6.45) is -2.91. The average molecular weight is 299 g/mol. The molecule has 5 nitrogen and oxygen atoms in total. The van der Waals surface area contributed by atoms with E-state index in [1.807, 2.05) is 0 Å². The van der Waals surface area contributed by atoms with Gasteiger partial charge < -0.3 is 14.6 Å². The van der Waals surface area contributed by atoms with Crippen molar-refractivity contribution < 1.29 is 22.4 Å². The Balaban J connectivity index is 1.90. The van der Waals surface area contributed by atoms with Gasteiger partial charge in [-0.1, -0.05) is 17.3 Å². The van der Waals surface area contributed by atoms with E-state index in [0.717, 1.165) is 19.4 Å². The van der Waals surface area contributed by atoms with Gasteiger partial charge >= 0.3 is 6.36 Å². The van der Waals surface area contributed by atoms with Crippen LogP contribution in [0.15, 0.2) is 28.8 Å². The Kier molecular flexibility index (Phi) is 3.54. The lowest BCUT2D eigenvalue weighted by Gasteiger charge is -2.10. The zero-order valence-corrected chi connectivity index (χ0v) is 10.9. The number of halogens is 3. The van der Waals surface area contributed by atoms with Gasteiger partial charge in [-0.15, -0.1) is 13.2 Å². The molecule has 0 radical (unpaired) electrons. The molecule has 21 heavy (non-hydrogen) atoms. The second-order valence-corrected chi connectivity index (χ2v) is 4.65. The summed E-state index contributed by atoms with van der Waals surface area (Å²) in [5.74, 6) is 0.111. The fourth-order valence-corrected chi connectivity index (χ4v) is 2.25. The van der Waals surface area contributed by atoms with E-state index < -0.39 is 6.36 Å². The van der Waals surface area contributed by atoms with Gasteiger partial charge in [0.05, 0.1) is 11.6 Å². The third-order valence-electron chi connectivity index (χ3n) is 3.15. The van der Waals surface area contributed by atoms with E-state index in [1.165, 1.54) is 18.2 Å². The second-order valence-electron chi connectivity index (χ2n) is 4.65. The molecule has 0 saturated carbocycles. The fourth-order valence-electron chi connectivity index (χ4n) is 2.25. The van der Waals surface area contributed by atoms with Gasteiger partial charge in [0.1, 0.15) is 5.75 Å². The van der Waals surface area contributed by atoms with Crippen LogP contribution in [-0.2, 0) is 0 Å². The first-order chi connectivity index (χ1) is 10.0. The lowest BCUT2D eigenvalue weighted by Crippen LogP contribution is -2.17. The van der Waals surface area contributed by atoms with Crippen molar-refractivity contribution in [3.05, 3.63) is 30.2 Å². The fraction of sp³-hybridized carbons (Fsp3) is 0.385. The molecule has 0 spiro atoms. The van der Waals surface area contributed by atoms with Crippen LogP contribution in [0.5, 0.6) is 5.75 Å². The van der Waals surface area contributed by atoms with E-state index >= 15 is 0 Å². The lowest BCUT2D eigenvalue weighted by atomic mass is 10.2. The van der Waals surface area contributed by atoms with Crippen molar-refractivity contribution >= 4 is 0 Å². The number of benzene rings is 1. The molecular weight excluding hydrogens is 287 g/mol. The van der Waals surface area contributed by atoms with Crippen LogP contribution in [0.25, 0.3) is 11.4 Å². The zero-order chi connectivity index (χ0) is 14.9. The maximum atomic E-state index is 12.4. The number of hydrogen-bond acceptors (Lipinski definition) is 5. The van der Waals surface area contributed by atoms with Crippen LogP contribution in [0.2, 0.25) is 0 Å². The van der Waals surface area contributed by atoms with Crippen LogP contribution in [0, 0.1) is 0 Å². The summed E-state index contributed by atoms with van der Waals surface area (Å²) in [5, 5.41) is 6.93. The summed E-state index contributed by atoms with van der Waals surface area (Å²) in [7, 11) is 0. The molecule has 1 atom stereocenters. The van der Waals surface area contributed by atoms with Gasteiger partial charge in [0.2, 0.25) is 11.7 Å². The molecule has 1 aromatic carbocycles. The summed E-state index contributed by atoms with van der Waals surface area (Å²) in [5.41, 5.74) is 0.142. The molecule has 2 aromatic rings. The molecule has 1 aliphatic rings. The summed E-state index contributed by atoms with van der Waals surface area (Å²) in [4.78, 5) is 4.17. The van der Waals surface area contributed by atoms with Gasteiger partial charge in [-0.25, -0.2) is 0 Å². The Bertz CT molecular complexity index is 621. The van der Waals surface area contributed by atoms with Crippen LogP contribution < -0.4 is 10.1 Å². The molecule has 1 saturated heterocycles. The number of alkyl halides is 3. The highest BCUT2D eigenvalue weighted by atomic mass is 19.4. The normalized spacial score (nSPS) is 18.9. The number of para-hydroxylation sites is 1. The van der Waals surface area contributed by atoms with E-state index in [1.54, 1.807) is 6.07 Å². The highest BCUT2D eigenvalue weighted by Gasteiger charge is 2.33. The quantitative estimate of drug-likeness (QED) is 0.944. The van der Waals surface area contributed by atoms with Crippen molar-refractivity contribution in [1.82, 2.24) is 15.5 Å². The predicted octanol–water partition coefficient (Wildman–Crippen LogP) is 3.06. The third-order valence-corrected chi connectivity index (χ3v) is 3.15. The monoisotopic (exact) mass is 299 g/mol. The largest absolute Gasteiger partial charge is 0.573 e. The van der Waals surface area contributed by atoms with Gasteiger partial charge in [-0.3, -0.25) is 0 Å². The van der Waals surface area contributed by atoms with Crippen LogP contribution in [0.1, 0.15) is 24.8 Å². The summed E-state index contributed by atoms with van der Waals surface area (Å²) in [6.45, 7) is 0.857. The van der Waals surface area contributed by atoms with Crippen molar-refractivity contribution in [2.75, 3.05) is 6.54 Å². The smallest absolute Gasteiger partial charge is 0.405 e. The maximum Gasteiger partial charge on any atom is 0.573 e. The molecule has 0 aliphatic carbocycles. The molecule has 0 unspecified atom stereocenters. The highest BCUT2D eigenvalue weighted by Crippen LogP contribution is 2.33. The number of ether oxygens (including phenoxy) is 1. The van der Waals surface area contributed by atoms with Crippen molar-refractivity contribution in [3.63, 3.8) is 0 Å². The highest BCUT2D eigenvalue weighted by molar-refractivity contribution is 5.63. The lowest BCUT2D eigenvalue weighted by molar-refractivity contribution is -0.274. The molecule has 1 N–H and O–H groups in total. The molecule has 8 heteroatoms. The van der Waals surface area contributed by atoms with E-state index in [9.17, 15) is 13.2 Å². The van der Waals surface area contributed by atoms with Gasteiger partial charge in [0, 0.05) is 0 Å². The van der Waals surface area contributed by atoms with E-state index in [0.29, 0.717) is 5.89 Å². The van der Waals surface area contributed by atoms with Crippen molar-refractivity contribution in [2.24, 2.45) is 0 Å². The molecule has 3 rings (SSSR count). The van der Waals surface area contributed by atoms with Gasteiger partial charge in [0.25, 0.3) is 0 Å². The maximum absolute atomic E-state index is 12.4. The van der Waals surface area contributed by atoms with E-state index in [-0.39, 0.29) is 23.2 Å². The Hall–Kier alpha value is -2.09. The third kappa shape index (κ3) is 3.15. The zero-order valence-electron chi connectivity index (χ0n) is 10.9. The number of nitrogens with one attached hydrogen (secondary N) is 1. The summed E-state index contributed by atoms with van der Waals surface area (Å²) < 4.78 is 46.3. The number of rotatable bonds is 3.